The van der Waals surface area contributed by atoms with Gasteiger partial charge in [0.05, 0.1) is 0 Å². The molecule has 0 saturated carbocycles. The Labute approximate surface area is 86.7 Å². The van der Waals surface area contributed by atoms with E-state index in [0.717, 1.165) is 11.1 Å². The lowest BCUT2D eigenvalue weighted by molar-refractivity contribution is 0.523. The van der Waals surface area contributed by atoms with Crippen LogP contribution in [-0.2, 0) is 0 Å². The van der Waals surface area contributed by atoms with Crippen LogP contribution in [0.5, 0.6) is 0 Å². The van der Waals surface area contributed by atoms with Crippen LogP contribution in [-0.4, -0.2) is 0 Å². The number of rotatable bonds is 0. The highest BCUT2D eigenvalue weighted by Crippen LogP contribution is 2.22. The first-order valence-corrected chi connectivity index (χ1v) is 4.76. The lowest BCUT2D eigenvalue weighted by Gasteiger charge is -2.16. The maximum Gasteiger partial charge on any atom is 0.0248 e. The summed E-state index contributed by atoms with van der Waals surface area (Å²) in [6.07, 6.45) is 0. The molecule has 0 aliphatic heterocycles. The van der Waals surface area contributed by atoms with E-state index in [2.05, 4.69) is 39.2 Å². The fraction of sp³-hybridized carbons (Fsp3) is 0.286. The molecule has 0 saturated heterocycles. The summed E-state index contributed by atoms with van der Waals surface area (Å²) in [5.41, 5.74) is 2.08. The summed E-state index contributed by atoms with van der Waals surface area (Å²) in [4.78, 5) is 0. The van der Waals surface area contributed by atoms with Gasteiger partial charge in [-0.25, -0.2) is 0 Å². The van der Waals surface area contributed by atoms with Crippen LogP contribution in [0.1, 0.15) is 26.3 Å². The second-order valence-electron chi connectivity index (χ2n) is 4.34. The number of benzene rings is 1. The van der Waals surface area contributed by atoms with Crippen LogP contribution in [0.2, 0.25) is 0 Å². The Bertz CT molecular complexity index is 366. The van der Waals surface area contributed by atoms with E-state index in [9.17, 15) is 0 Å². The van der Waals surface area contributed by atoms with Crippen molar-refractivity contribution in [2.24, 2.45) is 5.41 Å². The van der Waals surface area contributed by atoms with Gasteiger partial charge in [-0.05, 0) is 17.5 Å². The Morgan fingerprint density at radius 1 is 1.14 bits per heavy atom. The molecule has 0 nitrogen and oxygen atoms in total. The first-order valence-electron chi connectivity index (χ1n) is 4.76. The number of hydrogen-bond donors (Lipinski definition) is 0. The summed E-state index contributed by atoms with van der Waals surface area (Å²) in [6.45, 7) is 10.3. The predicted molar refractivity (Wildman–Crippen MR) is 61.9 cm³/mol. The van der Waals surface area contributed by atoms with Gasteiger partial charge in [0.1, 0.15) is 0 Å². The fourth-order valence-corrected chi connectivity index (χ4v) is 0.857. The molecule has 1 aromatic carbocycles. The molecule has 0 aliphatic carbocycles. The first-order chi connectivity index (χ1) is 6.50. The third-order valence-electron chi connectivity index (χ3n) is 2.04. The lowest BCUT2D eigenvalue weighted by Crippen LogP contribution is -2.06. The van der Waals surface area contributed by atoms with Crippen LogP contribution in [0.3, 0.4) is 0 Å². The zero-order valence-electron chi connectivity index (χ0n) is 9.09. The van der Waals surface area contributed by atoms with E-state index < -0.39 is 0 Å². The average Bonchev–Trinajstić information content (AvgIpc) is 2.14. The Balaban J connectivity index is 2.80. The third-order valence-corrected chi connectivity index (χ3v) is 2.04. The van der Waals surface area contributed by atoms with E-state index in [4.69, 9.17) is 0 Å². The highest BCUT2D eigenvalue weighted by atomic mass is 14.1. The van der Waals surface area contributed by atoms with E-state index in [0.29, 0.717) is 0 Å². The zero-order chi connectivity index (χ0) is 10.6. The van der Waals surface area contributed by atoms with Crippen LogP contribution in [0.25, 0.3) is 0 Å². The van der Waals surface area contributed by atoms with Gasteiger partial charge in [0.15, 0.2) is 0 Å². The predicted octanol–water partition coefficient (Wildman–Crippen LogP) is 3.64. The van der Waals surface area contributed by atoms with Crippen molar-refractivity contribution in [3.63, 3.8) is 0 Å². The van der Waals surface area contributed by atoms with Crippen molar-refractivity contribution >= 4 is 0 Å². The van der Waals surface area contributed by atoms with Gasteiger partial charge < -0.3 is 0 Å². The molecule has 1 rings (SSSR count). The SMILES string of the molecule is C=C(C#Cc1ccccc1)C(C)(C)C. The van der Waals surface area contributed by atoms with Gasteiger partial charge >= 0.3 is 0 Å². The van der Waals surface area contributed by atoms with E-state index >= 15 is 0 Å². The van der Waals surface area contributed by atoms with Crippen LogP contribution in [0, 0.1) is 17.3 Å². The molecule has 0 spiro atoms. The second kappa shape index (κ2) is 4.15. The van der Waals surface area contributed by atoms with Crippen LogP contribution >= 0.6 is 0 Å². The van der Waals surface area contributed by atoms with Gasteiger partial charge in [-0.1, -0.05) is 57.4 Å². The highest BCUT2D eigenvalue weighted by Gasteiger charge is 2.11. The average molecular weight is 184 g/mol. The summed E-state index contributed by atoms with van der Waals surface area (Å²) in [7, 11) is 0. The topological polar surface area (TPSA) is 0 Å². The standard InChI is InChI=1S/C14H16/c1-12(14(2,3)4)10-11-13-8-6-5-7-9-13/h5-9H,1H2,2-4H3. The minimum Gasteiger partial charge on any atom is -0.0869 e. The molecule has 0 fully saturated rings. The van der Waals surface area contributed by atoms with Crippen molar-refractivity contribution < 1.29 is 0 Å². The molecule has 0 atom stereocenters. The molecule has 0 unspecified atom stereocenters. The van der Waals surface area contributed by atoms with Crippen molar-refractivity contribution in [3.8, 4) is 11.8 Å². The van der Waals surface area contributed by atoms with Crippen LogP contribution in [0.4, 0.5) is 0 Å². The molecule has 0 radical (unpaired) electrons. The largest absolute Gasteiger partial charge is 0.0869 e. The van der Waals surface area contributed by atoms with Gasteiger partial charge in [0.25, 0.3) is 0 Å². The van der Waals surface area contributed by atoms with Crippen molar-refractivity contribution in [3.05, 3.63) is 48.0 Å². The number of hydrogen-bond acceptors (Lipinski definition) is 0. The zero-order valence-corrected chi connectivity index (χ0v) is 9.09. The monoisotopic (exact) mass is 184 g/mol. The van der Waals surface area contributed by atoms with Gasteiger partial charge in [0.2, 0.25) is 0 Å². The van der Waals surface area contributed by atoms with Crippen molar-refractivity contribution in [1.82, 2.24) is 0 Å². The van der Waals surface area contributed by atoms with Gasteiger partial charge in [-0.3, -0.25) is 0 Å². The summed E-state index contributed by atoms with van der Waals surface area (Å²) >= 11 is 0. The molecule has 0 heterocycles. The van der Waals surface area contributed by atoms with E-state index in [1.54, 1.807) is 0 Å². The smallest absolute Gasteiger partial charge is 0.0248 e. The summed E-state index contributed by atoms with van der Waals surface area (Å²) in [6, 6.07) is 9.98. The fourth-order valence-electron chi connectivity index (χ4n) is 0.857. The maximum atomic E-state index is 3.97. The highest BCUT2D eigenvalue weighted by molar-refractivity contribution is 5.41. The normalized spacial score (nSPS) is 10.2. The molecule has 72 valence electrons. The number of allylic oxidation sites excluding steroid dienone is 1. The molecule has 14 heavy (non-hydrogen) atoms. The summed E-state index contributed by atoms with van der Waals surface area (Å²) < 4.78 is 0. The summed E-state index contributed by atoms with van der Waals surface area (Å²) in [5, 5.41) is 0. The van der Waals surface area contributed by atoms with Gasteiger partial charge in [-0.2, -0.15) is 0 Å². The molecule has 0 bridgehead atoms. The molecule has 0 heteroatoms. The van der Waals surface area contributed by atoms with Gasteiger partial charge in [0, 0.05) is 11.1 Å². The molecular weight excluding hydrogens is 168 g/mol. The van der Waals surface area contributed by atoms with Crippen LogP contribution < -0.4 is 0 Å². The Morgan fingerprint density at radius 3 is 2.21 bits per heavy atom. The lowest BCUT2D eigenvalue weighted by atomic mass is 9.88. The molecular formula is C14H16. The van der Waals surface area contributed by atoms with Crippen molar-refractivity contribution in [1.29, 1.82) is 0 Å². The minimum absolute atomic E-state index is 0.0712. The Kier molecular flexibility index (Phi) is 3.14. The summed E-state index contributed by atoms with van der Waals surface area (Å²) in [5.74, 6) is 6.20. The molecule has 0 aliphatic rings. The van der Waals surface area contributed by atoms with E-state index in [1.807, 2.05) is 30.3 Å². The molecule has 0 aromatic heterocycles. The molecule has 0 amide bonds. The minimum atomic E-state index is 0.0712. The quantitative estimate of drug-likeness (QED) is 0.540. The molecule has 0 N–H and O–H groups in total. The first kappa shape index (κ1) is 10.6. The maximum absolute atomic E-state index is 3.97. The Hall–Kier alpha value is -1.48. The van der Waals surface area contributed by atoms with E-state index in [1.165, 1.54) is 0 Å². The van der Waals surface area contributed by atoms with Crippen LogP contribution in [0.15, 0.2) is 42.5 Å². The van der Waals surface area contributed by atoms with Crippen molar-refractivity contribution in [2.45, 2.75) is 20.8 Å². The third kappa shape index (κ3) is 3.11. The molecule has 1 aromatic rings. The van der Waals surface area contributed by atoms with Crippen molar-refractivity contribution in [2.75, 3.05) is 0 Å². The van der Waals surface area contributed by atoms with E-state index in [-0.39, 0.29) is 5.41 Å². The van der Waals surface area contributed by atoms with Gasteiger partial charge in [-0.15, -0.1) is 0 Å². The Morgan fingerprint density at radius 2 is 1.71 bits per heavy atom. The second-order valence-corrected chi connectivity index (χ2v) is 4.34.